The van der Waals surface area contributed by atoms with Crippen LogP contribution in [0.3, 0.4) is 0 Å². The summed E-state index contributed by atoms with van der Waals surface area (Å²) >= 11 is 1.72. The quantitative estimate of drug-likeness (QED) is 0.787. The van der Waals surface area contributed by atoms with E-state index in [1.165, 1.54) is 10.5 Å². The van der Waals surface area contributed by atoms with E-state index in [4.69, 9.17) is 0 Å². The molecule has 84 valence electrons. The van der Waals surface area contributed by atoms with Gasteiger partial charge < -0.3 is 5.11 Å². The van der Waals surface area contributed by atoms with Crippen LogP contribution in [-0.4, -0.2) is 16.5 Å². The number of hydrogen-bond acceptors (Lipinski definition) is 2. The standard InChI is InChI=1S/C13H20OS/c1-10(2)11-5-7-12(8-6-11)15-13(3,4)9-14/h5-8,10,14H,9H2,1-4H3. The van der Waals surface area contributed by atoms with Crippen molar-refractivity contribution in [1.82, 2.24) is 0 Å². The maximum Gasteiger partial charge on any atom is 0.0576 e. The summed E-state index contributed by atoms with van der Waals surface area (Å²) in [5.74, 6) is 0.579. The first kappa shape index (κ1) is 12.6. The van der Waals surface area contributed by atoms with Gasteiger partial charge in [-0.25, -0.2) is 0 Å². The number of thioether (sulfide) groups is 1. The van der Waals surface area contributed by atoms with E-state index in [9.17, 15) is 5.11 Å². The van der Waals surface area contributed by atoms with Crippen molar-refractivity contribution in [2.24, 2.45) is 0 Å². The van der Waals surface area contributed by atoms with E-state index in [0.29, 0.717) is 5.92 Å². The van der Waals surface area contributed by atoms with E-state index in [0.717, 1.165) is 0 Å². The summed E-state index contributed by atoms with van der Waals surface area (Å²) in [5, 5.41) is 9.18. The van der Waals surface area contributed by atoms with Gasteiger partial charge in [-0.2, -0.15) is 0 Å². The molecule has 15 heavy (non-hydrogen) atoms. The second-order valence-corrected chi connectivity index (χ2v) is 6.52. The average Bonchev–Trinajstić information content (AvgIpc) is 2.18. The molecule has 0 aliphatic heterocycles. The topological polar surface area (TPSA) is 20.2 Å². The molecule has 0 spiro atoms. The molecule has 0 atom stereocenters. The first-order valence-electron chi connectivity index (χ1n) is 5.34. The molecule has 0 amide bonds. The van der Waals surface area contributed by atoms with Crippen LogP contribution in [-0.2, 0) is 0 Å². The zero-order valence-corrected chi connectivity index (χ0v) is 10.8. The van der Waals surface area contributed by atoms with Crippen LogP contribution < -0.4 is 0 Å². The van der Waals surface area contributed by atoms with Crippen LogP contribution in [0.15, 0.2) is 29.2 Å². The minimum atomic E-state index is -0.0979. The monoisotopic (exact) mass is 224 g/mol. The number of aliphatic hydroxyl groups is 1. The zero-order valence-electron chi connectivity index (χ0n) is 9.95. The van der Waals surface area contributed by atoms with Gasteiger partial charge in [0, 0.05) is 9.64 Å². The lowest BCUT2D eigenvalue weighted by atomic mass is 10.0. The van der Waals surface area contributed by atoms with E-state index in [1.807, 2.05) is 13.8 Å². The van der Waals surface area contributed by atoms with Gasteiger partial charge in [-0.1, -0.05) is 26.0 Å². The van der Waals surface area contributed by atoms with Crippen molar-refractivity contribution in [1.29, 1.82) is 0 Å². The molecule has 1 rings (SSSR count). The zero-order chi connectivity index (χ0) is 11.5. The van der Waals surface area contributed by atoms with Crippen molar-refractivity contribution in [2.45, 2.75) is 43.3 Å². The highest BCUT2D eigenvalue weighted by Crippen LogP contribution is 2.32. The van der Waals surface area contributed by atoms with Gasteiger partial charge in [0.25, 0.3) is 0 Å². The maximum atomic E-state index is 9.18. The molecule has 0 bridgehead atoms. The number of rotatable bonds is 4. The normalized spacial score (nSPS) is 12.1. The lowest BCUT2D eigenvalue weighted by Crippen LogP contribution is -2.19. The number of hydrogen-bond donors (Lipinski definition) is 1. The second kappa shape index (κ2) is 5.04. The third-order valence-corrected chi connectivity index (χ3v) is 3.51. The van der Waals surface area contributed by atoms with Crippen LogP contribution in [0.4, 0.5) is 0 Å². The Morgan fingerprint density at radius 2 is 1.73 bits per heavy atom. The van der Waals surface area contributed by atoms with E-state index in [-0.39, 0.29) is 11.4 Å². The van der Waals surface area contributed by atoms with Gasteiger partial charge in [-0.15, -0.1) is 11.8 Å². The van der Waals surface area contributed by atoms with Gasteiger partial charge >= 0.3 is 0 Å². The summed E-state index contributed by atoms with van der Waals surface area (Å²) < 4.78 is -0.0979. The van der Waals surface area contributed by atoms with Crippen LogP contribution in [0.2, 0.25) is 0 Å². The fourth-order valence-electron chi connectivity index (χ4n) is 1.27. The van der Waals surface area contributed by atoms with Crippen molar-refractivity contribution >= 4 is 11.8 Å². The molecule has 0 saturated carbocycles. The summed E-state index contributed by atoms with van der Waals surface area (Å²) in [4.78, 5) is 1.22. The Kier molecular flexibility index (Phi) is 4.23. The highest BCUT2D eigenvalue weighted by atomic mass is 32.2. The van der Waals surface area contributed by atoms with E-state index in [2.05, 4.69) is 38.1 Å². The third-order valence-electron chi connectivity index (χ3n) is 2.32. The molecule has 0 unspecified atom stereocenters. The molecule has 0 aliphatic carbocycles. The van der Waals surface area contributed by atoms with Crippen molar-refractivity contribution in [2.75, 3.05) is 6.61 Å². The molecule has 0 heterocycles. The molecule has 1 aromatic carbocycles. The van der Waals surface area contributed by atoms with Crippen molar-refractivity contribution in [3.8, 4) is 0 Å². The SMILES string of the molecule is CC(C)c1ccc(SC(C)(C)CO)cc1. The smallest absolute Gasteiger partial charge is 0.0576 e. The van der Waals surface area contributed by atoms with Crippen LogP contribution in [0.1, 0.15) is 39.2 Å². The molecule has 1 N–H and O–H groups in total. The van der Waals surface area contributed by atoms with Gasteiger partial charge in [-0.05, 0) is 37.5 Å². The van der Waals surface area contributed by atoms with E-state index in [1.54, 1.807) is 11.8 Å². The summed E-state index contributed by atoms with van der Waals surface area (Å²) in [6.45, 7) is 8.69. The third kappa shape index (κ3) is 3.88. The number of aliphatic hydroxyl groups excluding tert-OH is 1. The molecular weight excluding hydrogens is 204 g/mol. The first-order valence-corrected chi connectivity index (χ1v) is 6.16. The summed E-state index contributed by atoms with van der Waals surface area (Å²) in [6.07, 6.45) is 0. The Labute approximate surface area is 96.9 Å². The van der Waals surface area contributed by atoms with E-state index < -0.39 is 0 Å². The Morgan fingerprint density at radius 1 is 1.20 bits per heavy atom. The lowest BCUT2D eigenvalue weighted by molar-refractivity contribution is 0.265. The molecular formula is C13H20OS. The predicted octanol–water partition coefficient (Wildman–Crippen LogP) is 3.67. The van der Waals surface area contributed by atoms with Gasteiger partial charge in [0.2, 0.25) is 0 Å². The minimum Gasteiger partial charge on any atom is -0.395 e. The minimum absolute atomic E-state index is 0.0979. The Balaban J connectivity index is 2.73. The second-order valence-electron chi connectivity index (χ2n) is 4.74. The van der Waals surface area contributed by atoms with Crippen LogP contribution >= 0.6 is 11.8 Å². The van der Waals surface area contributed by atoms with Crippen LogP contribution in [0.5, 0.6) is 0 Å². The molecule has 1 aromatic rings. The van der Waals surface area contributed by atoms with Gasteiger partial charge in [0.15, 0.2) is 0 Å². The molecule has 0 aromatic heterocycles. The molecule has 0 fully saturated rings. The van der Waals surface area contributed by atoms with Crippen molar-refractivity contribution in [3.63, 3.8) is 0 Å². The summed E-state index contributed by atoms with van der Waals surface area (Å²) in [7, 11) is 0. The molecule has 0 radical (unpaired) electrons. The van der Waals surface area contributed by atoms with Gasteiger partial charge in [0.1, 0.15) is 0 Å². The highest BCUT2D eigenvalue weighted by Gasteiger charge is 2.17. The lowest BCUT2D eigenvalue weighted by Gasteiger charge is -2.21. The van der Waals surface area contributed by atoms with Gasteiger partial charge in [0.05, 0.1) is 6.61 Å². The molecule has 0 aliphatic rings. The molecule has 1 nitrogen and oxygen atoms in total. The van der Waals surface area contributed by atoms with Gasteiger partial charge in [-0.3, -0.25) is 0 Å². The Bertz CT molecular complexity index is 301. The highest BCUT2D eigenvalue weighted by molar-refractivity contribution is 8.00. The van der Waals surface area contributed by atoms with Crippen molar-refractivity contribution in [3.05, 3.63) is 29.8 Å². The maximum absolute atomic E-state index is 9.18. The average molecular weight is 224 g/mol. The first-order chi connectivity index (χ1) is 6.94. The predicted molar refractivity (Wildman–Crippen MR) is 67.6 cm³/mol. The molecule has 0 saturated heterocycles. The fourth-order valence-corrected chi connectivity index (χ4v) is 2.25. The Hall–Kier alpha value is -0.470. The summed E-state index contributed by atoms with van der Waals surface area (Å²) in [5.41, 5.74) is 1.36. The van der Waals surface area contributed by atoms with Crippen LogP contribution in [0.25, 0.3) is 0 Å². The Morgan fingerprint density at radius 3 is 2.13 bits per heavy atom. The fraction of sp³-hybridized carbons (Fsp3) is 0.538. The number of benzene rings is 1. The van der Waals surface area contributed by atoms with Crippen LogP contribution in [0, 0.1) is 0 Å². The van der Waals surface area contributed by atoms with E-state index >= 15 is 0 Å². The van der Waals surface area contributed by atoms with Crippen molar-refractivity contribution < 1.29 is 5.11 Å². The molecule has 2 heteroatoms. The largest absolute Gasteiger partial charge is 0.395 e. The summed E-state index contributed by atoms with van der Waals surface area (Å²) in [6, 6.07) is 8.61.